The molecule has 2 aliphatic rings. The van der Waals surface area contributed by atoms with E-state index in [1.807, 2.05) is 6.92 Å². The Kier molecular flexibility index (Phi) is 4.88. The zero-order valence-electron chi connectivity index (χ0n) is 15.2. The summed E-state index contributed by atoms with van der Waals surface area (Å²) in [6, 6.07) is 11.7. The van der Waals surface area contributed by atoms with Crippen LogP contribution in [0.4, 0.5) is 0 Å². The van der Waals surface area contributed by atoms with Crippen molar-refractivity contribution in [3.63, 3.8) is 0 Å². The van der Waals surface area contributed by atoms with Crippen molar-refractivity contribution in [1.29, 1.82) is 0 Å². The molecule has 3 heterocycles. The average Bonchev–Trinajstić information content (AvgIpc) is 3.24. The first kappa shape index (κ1) is 16.8. The van der Waals surface area contributed by atoms with Crippen LogP contribution >= 0.6 is 0 Å². The number of likely N-dealkylation sites (tertiary alicyclic amines) is 1. The van der Waals surface area contributed by atoms with Crippen LogP contribution in [0.1, 0.15) is 47.8 Å². The van der Waals surface area contributed by atoms with Gasteiger partial charge in [-0.3, -0.25) is 15.8 Å². The smallest absolute Gasteiger partial charge is 0.145 e. The van der Waals surface area contributed by atoms with Crippen molar-refractivity contribution in [2.24, 2.45) is 0 Å². The average molecular weight is 340 g/mol. The molecule has 1 aromatic carbocycles. The van der Waals surface area contributed by atoms with Gasteiger partial charge in [0.25, 0.3) is 0 Å². The second-order valence-corrected chi connectivity index (χ2v) is 7.43. The van der Waals surface area contributed by atoms with Crippen molar-refractivity contribution >= 4 is 0 Å². The highest BCUT2D eigenvalue weighted by Crippen LogP contribution is 2.33. The normalized spacial score (nSPS) is 27.7. The minimum Gasteiger partial charge on any atom is -0.360 e. The van der Waals surface area contributed by atoms with E-state index in [1.165, 1.54) is 36.9 Å². The van der Waals surface area contributed by atoms with Crippen molar-refractivity contribution in [2.45, 2.75) is 57.7 Å². The fourth-order valence-electron chi connectivity index (χ4n) is 4.35. The molecule has 2 aliphatic heterocycles. The summed E-state index contributed by atoms with van der Waals surface area (Å²) in [6.07, 6.45) is 3.82. The number of piperidine rings is 1. The number of hydrogen-bond donors (Lipinski definition) is 2. The molecule has 25 heavy (non-hydrogen) atoms. The Morgan fingerprint density at radius 2 is 2.04 bits per heavy atom. The van der Waals surface area contributed by atoms with E-state index in [-0.39, 0.29) is 0 Å². The maximum absolute atomic E-state index is 5.71. The van der Waals surface area contributed by atoms with Crippen molar-refractivity contribution in [1.82, 2.24) is 20.9 Å². The maximum Gasteiger partial charge on any atom is 0.145 e. The molecule has 2 fully saturated rings. The number of aromatic nitrogens is 1. The van der Waals surface area contributed by atoms with Gasteiger partial charge in [-0.05, 0) is 38.8 Å². The number of nitrogens with one attached hydrogen (secondary N) is 2. The van der Waals surface area contributed by atoms with Crippen molar-refractivity contribution in [3.8, 4) is 0 Å². The number of nitrogens with zero attached hydrogens (tertiary/aromatic N) is 2. The number of aryl methyl sites for hydroxylation is 1. The van der Waals surface area contributed by atoms with E-state index >= 15 is 0 Å². The maximum atomic E-state index is 5.71. The lowest BCUT2D eigenvalue weighted by atomic mass is 9.85. The molecule has 0 spiro atoms. The summed E-state index contributed by atoms with van der Waals surface area (Å²) in [5.41, 5.74) is 10.5. The molecule has 0 saturated carbocycles. The van der Waals surface area contributed by atoms with Crippen LogP contribution in [0.15, 0.2) is 34.9 Å². The topological polar surface area (TPSA) is 53.3 Å². The van der Waals surface area contributed by atoms with Gasteiger partial charge >= 0.3 is 0 Å². The van der Waals surface area contributed by atoms with Gasteiger partial charge in [-0.2, -0.15) is 0 Å². The van der Waals surface area contributed by atoms with E-state index in [0.29, 0.717) is 18.0 Å². The highest BCUT2D eigenvalue weighted by molar-refractivity contribution is 5.26. The molecule has 3 unspecified atom stereocenters. The highest BCUT2D eigenvalue weighted by Gasteiger charge is 2.41. The molecule has 5 heteroatoms. The summed E-state index contributed by atoms with van der Waals surface area (Å²) < 4.78 is 5.71. The molecular weight excluding hydrogens is 312 g/mol. The van der Waals surface area contributed by atoms with Crippen LogP contribution in [0.25, 0.3) is 0 Å². The number of hydrazine groups is 1. The van der Waals surface area contributed by atoms with Gasteiger partial charge in [0.1, 0.15) is 5.76 Å². The zero-order valence-corrected chi connectivity index (χ0v) is 15.2. The van der Waals surface area contributed by atoms with Gasteiger partial charge in [-0.15, -0.1) is 0 Å². The Morgan fingerprint density at radius 1 is 1.20 bits per heavy atom. The molecule has 0 aliphatic carbocycles. The molecule has 0 amide bonds. The van der Waals surface area contributed by atoms with Crippen LogP contribution < -0.4 is 10.9 Å². The SMILES string of the molecule is Cc1noc(C2CNNC2C2CCCCN2Cc2ccccc2)c1C. The van der Waals surface area contributed by atoms with Gasteiger partial charge < -0.3 is 4.52 Å². The lowest BCUT2D eigenvalue weighted by Gasteiger charge is -2.40. The molecule has 4 rings (SSSR count). The van der Waals surface area contributed by atoms with Crippen LogP contribution in [0.3, 0.4) is 0 Å². The third-order valence-electron chi connectivity index (χ3n) is 5.86. The highest BCUT2D eigenvalue weighted by atomic mass is 16.5. The van der Waals surface area contributed by atoms with Crippen LogP contribution in [0.2, 0.25) is 0 Å². The fraction of sp³-hybridized carbons (Fsp3) is 0.550. The zero-order chi connectivity index (χ0) is 17.2. The van der Waals surface area contributed by atoms with E-state index < -0.39 is 0 Å². The van der Waals surface area contributed by atoms with Gasteiger partial charge in [0.2, 0.25) is 0 Å². The molecule has 3 atom stereocenters. The Hall–Kier alpha value is -1.69. The number of hydrogen-bond acceptors (Lipinski definition) is 5. The summed E-state index contributed by atoms with van der Waals surface area (Å²) in [4.78, 5) is 2.65. The first-order valence-corrected chi connectivity index (χ1v) is 9.43. The second-order valence-electron chi connectivity index (χ2n) is 7.43. The minimum atomic E-state index is 0.336. The van der Waals surface area contributed by atoms with Gasteiger partial charge in [-0.25, -0.2) is 0 Å². The second kappa shape index (κ2) is 7.28. The molecular formula is C20H28N4O. The lowest BCUT2D eigenvalue weighted by Crippen LogP contribution is -2.52. The van der Waals surface area contributed by atoms with Gasteiger partial charge in [0.15, 0.2) is 0 Å². The molecule has 2 saturated heterocycles. The fourth-order valence-corrected chi connectivity index (χ4v) is 4.35. The van der Waals surface area contributed by atoms with E-state index in [9.17, 15) is 0 Å². The van der Waals surface area contributed by atoms with Gasteiger partial charge in [0.05, 0.1) is 11.6 Å². The Balaban J connectivity index is 1.56. The number of benzene rings is 1. The minimum absolute atomic E-state index is 0.336. The van der Waals surface area contributed by atoms with Crippen molar-refractivity contribution < 1.29 is 4.52 Å². The predicted molar refractivity (Wildman–Crippen MR) is 98.1 cm³/mol. The standard InChI is InChI=1S/C20H28N4O/c1-14-15(2)23-25-20(14)17-12-21-22-19(17)18-10-6-7-11-24(18)13-16-8-4-3-5-9-16/h3-5,8-9,17-19,21-22H,6-7,10-13H2,1-2H3. The quantitative estimate of drug-likeness (QED) is 0.896. The third-order valence-corrected chi connectivity index (χ3v) is 5.86. The van der Waals surface area contributed by atoms with Crippen molar-refractivity contribution in [3.05, 3.63) is 52.9 Å². The largest absolute Gasteiger partial charge is 0.360 e. The summed E-state index contributed by atoms with van der Waals surface area (Å²) in [5, 5.41) is 4.18. The molecule has 0 bridgehead atoms. The van der Waals surface area contributed by atoms with Gasteiger partial charge in [0, 0.05) is 30.7 Å². The summed E-state index contributed by atoms with van der Waals surface area (Å²) in [7, 11) is 0. The molecule has 2 aromatic rings. The van der Waals surface area contributed by atoms with Crippen LogP contribution in [-0.4, -0.2) is 35.2 Å². The number of rotatable bonds is 4. The predicted octanol–water partition coefficient (Wildman–Crippen LogP) is 2.91. The third kappa shape index (κ3) is 3.36. The molecule has 1 aromatic heterocycles. The summed E-state index contributed by atoms with van der Waals surface area (Å²) in [5.74, 6) is 1.38. The Bertz CT molecular complexity index is 699. The monoisotopic (exact) mass is 340 g/mol. The van der Waals surface area contributed by atoms with E-state index in [1.54, 1.807) is 0 Å². The van der Waals surface area contributed by atoms with Crippen molar-refractivity contribution in [2.75, 3.05) is 13.1 Å². The first-order chi connectivity index (χ1) is 12.2. The van der Waals surface area contributed by atoms with E-state index in [4.69, 9.17) is 4.52 Å². The summed E-state index contributed by atoms with van der Waals surface area (Å²) >= 11 is 0. The molecule has 134 valence electrons. The van der Waals surface area contributed by atoms with E-state index in [2.05, 4.69) is 58.2 Å². The van der Waals surface area contributed by atoms with Crippen LogP contribution in [-0.2, 0) is 6.54 Å². The van der Waals surface area contributed by atoms with Gasteiger partial charge in [-0.1, -0.05) is 41.9 Å². The Labute approximate surface area is 149 Å². The Morgan fingerprint density at radius 3 is 2.80 bits per heavy atom. The molecule has 2 N–H and O–H groups in total. The van der Waals surface area contributed by atoms with E-state index in [0.717, 1.165) is 24.5 Å². The van der Waals surface area contributed by atoms with Crippen LogP contribution in [0.5, 0.6) is 0 Å². The van der Waals surface area contributed by atoms with Crippen LogP contribution in [0, 0.1) is 13.8 Å². The lowest BCUT2D eigenvalue weighted by molar-refractivity contribution is 0.103. The molecule has 5 nitrogen and oxygen atoms in total. The first-order valence-electron chi connectivity index (χ1n) is 9.43. The molecule has 0 radical (unpaired) electrons. The summed E-state index contributed by atoms with van der Waals surface area (Å²) in [6.45, 7) is 7.23.